The maximum Gasteiger partial charge on any atom is 0.407 e. The zero-order valence-electron chi connectivity index (χ0n) is 6.54. The lowest BCUT2D eigenvalue weighted by atomic mass is 10.5. The summed E-state index contributed by atoms with van der Waals surface area (Å²) in [5.41, 5.74) is 0. The van der Waals surface area contributed by atoms with Gasteiger partial charge in [0.15, 0.2) is 0 Å². The smallest absolute Gasteiger partial charge is 0.407 e. The van der Waals surface area contributed by atoms with E-state index in [1.54, 1.807) is 6.92 Å². The minimum absolute atomic E-state index is 0.137. The lowest BCUT2D eigenvalue weighted by molar-refractivity contribution is 0.141. The monoisotopic (exact) mass is 175 g/mol. The largest absolute Gasteiger partial charge is 0.449 e. The van der Waals surface area contributed by atoms with Gasteiger partial charge in [0.05, 0.1) is 12.0 Å². The average Bonchev–Trinajstić information content (AvgIpc) is 2.63. The highest BCUT2D eigenvalue weighted by atomic mass is 32.1. The van der Waals surface area contributed by atoms with Crippen molar-refractivity contribution in [2.75, 3.05) is 6.61 Å². The van der Waals surface area contributed by atoms with E-state index in [0.29, 0.717) is 12.5 Å². The van der Waals surface area contributed by atoms with Crippen molar-refractivity contribution in [3.05, 3.63) is 0 Å². The molecule has 0 aliphatic heterocycles. The van der Waals surface area contributed by atoms with Crippen LogP contribution in [0.5, 0.6) is 0 Å². The zero-order valence-corrected chi connectivity index (χ0v) is 7.43. The van der Waals surface area contributed by atoms with Crippen molar-refractivity contribution in [1.82, 2.24) is 5.32 Å². The van der Waals surface area contributed by atoms with Gasteiger partial charge in [0.25, 0.3) is 0 Å². The summed E-state index contributed by atoms with van der Waals surface area (Å²) in [4.78, 5) is 10.8. The molecule has 0 heterocycles. The Bertz CT molecular complexity index is 145. The molecule has 1 N–H and O–H groups in total. The van der Waals surface area contributed by atoms with Gasteiger partial charge < -0.3 is 10.1 Å². The second-order valence-corrected chi connectivity index (χ2v) is 3.64. The molecule has 1 rings (SSSR count). The van der Waals surface area contributed by atoms with Crippen LogP contribution in [0.25, 0.3) is 0 Å². The number of rotatable bonds is 3. The molecular formula is C7H13NO2S. The molecule has 1 saturated carbocycles. The van der Waals surface area contributed by atoms with E-state index in [1.165, 1.54) is 12.8 Å². The third-order valence-electron chi connectivity index (χ3n) is 1.47. The fourth-order valence-corrected chi connectivity index (χ4v) is 0.796. The van der Waals surface area contributed by atoms with E-state index >= 15 is 0 Å². The van der Waals surface area contributed by atoms with E-state index in [9.17, 15) is 4.79 Å². The average molecular weight is 175 g/mol. The molecule has 0 bridgehead atoms. The van der Waals surface area contributed by atoms with Gasteiger partial charge in [-0.05, 0) is 25.7 Å². The third-order valence-corrected chi connectivity index (χ3v) is 1.60. The maximum absolute atomic E-state index is 10.8. The van der Waals surface area contributed by atoms with Crippen LogP contribution in [0.4, 0.5) is 4.79 Å². The van der Waals surface area contributed by atoms with Crippen molar-refractivity contribution in [3.63, 3.8) is 0 Å². The summed E-state index contributed by atoms with van der Waals surface area (Å²) in [6.07, 6.45) is 2.03. The normalized spacial score (nSPS) is 19.1. The summed E-state index contributed by atoms with van der Waals surface area (Å²) in [6.45, 7) is 2.34. The van der Waals surface area contributed by atoms with Crippen LogP contribution in [0.2, 0.25) is 0 Å². The van der Waals surface area contributed by atoms with Crippen LogP contribution in [0.1, 0.15) is 19.8 Å². The molecule has 0 saturated heterocycles. The van der Waals surface area contributed by atoms with E-state index < -0.39 is 0 Å². The highest BCUT2D eigenvalue weighted by molar-refractivity contribution is 7.80. The van der Waals surface area contributed by atoms with Gasteiger partial charge in [0.1, 0.15) is 0 Å². The van der Waals surface area contributed by atoms with Crippen molar-refractivity contribution in [1.29, 1.82) is 0 Å². The van der Waals surface area contributed by atoms with Crippen LogP contribution in [0.3, 0.4) is 0 Å². The molecule has 0 spiro atoms. The quantitative estimate of drug-likeness (QED) is 0.502. The van der Waals surface area contributed by atoms with Crippen molar-refractivity contribution in [2.45, 2.75) is 25.1 Å². The van der Waals surface area contributed by atoms with Gasteiger partial charge in [-0.3, -0.25) is 0 Å². The molecule has 1 fully saturated rings. The van der Waals surface area contributed by atoms with Crippen molar-refractivity contribution < 1.29 is 9.53 Å². The Labute approximate surface area is 71.9 Å². The predicted octanol–water partition coefficient (Wildman–Crippen LogP) is 1.40. The predicted molar refractivity (Wildman–Crippen MR) is 45.7 cm³/mol. The summed E-state index contributed by atoms with van der Waals surface area (Å²) in [6, 6.07) is 0. The Hall–Kier alpha value is -0.380. The first kappa shape index (κ1) is 8.71. The van der Waals surface area contributed by atoms with Crippen molar-refractivity contribution in [2.24, 2.45) is 5.92 Å². The van der Waals surface area contributed by atoms with Gasteiger partial charge >= 0.3 is 6.09 Å². The molecule has 1 aliphatic rings. The number of amides is 1. The number of carbonyl (C=O) groups excluding carboxylic acids is 1. The standard InChI is InChI=1S/C7H13NO2S/c1-5(11)8-7(9)10-4-6-2-3-6/h5-6,11H,2-4H2,1H3,(H,8,9). The van der Waals surface area contributed by atoms with Gasteiger partial charge in [-0.25, -0.2) is 4.79 Å². The molecule has 4 heteroatoms. The molecule has 64 valence electrons. The Morgan fingerprint density at radius 3 is 2.91 bits per heavy atom. The second kappa shape index (κ2) is 3.85. The molecule has 11 heavy (non-hydrogen) atoms. The van der Waals surface area contributed by atoms with E-state index in [2.05, 4.69) is 17.9 Å². The molecular weight excluding hydrogens is 162 g/mol. The van der Waals surface area contributed by atoms with Crippen LogP contribution >= 0.6 is 12.6 Å². The van der Waals surface area contributed by atoms with Crippen LogP contribution < -0.4 is 5.32 Å². The zero-order chi connectivity index (χ0) is 8.27. The lowest BCUT2D eigenvalue weighted by Gasteiger charge is -2.07. The first-order valence-electron chi connectivity index (χ1n) is 3.80. The number of carbonyl (C=O) groups is 1. The molecule has 0 aromatic rings. The number of nitrogens with one attached hydrogen (secondary N) is 1. The summed E-state index contributed by atoms with van der Waals surface area (Å²) in [5.74, 6) is 0.621. The van der Waals surface area contributed by atoms with Gasteiger partial charge in [-0.1, -0.05) is 0 Å². The molecule has 1 amide bonds. The highest BCUT2D eigenvalue weighted by Gasteiger charge is 2.22. The summed E-state index contributed by atoms with van der Waals surface area (Å²) in [7, 11) is 0. The highest BCUT2D eigenvalue weighted by Crippen LogP contribution is 2.28. The Balaban J connectivity index is 2.00. The minimum Gasteiger partial charge on any atom is -0.449 e. The molecule has 0 aromatic carbocycles. The molecule has 1 unspecified atom stereocenters. The minimum atomic E-state index is -0.362. The molecule has 0 radical (unpaired) electrons. The van der Waals surface area contributed by atoms with Crippen molar-refractivity contribution in [3.8, 4) is 0 Å². The number of hydrogen-bond acceptors (Lipinski definition) is 3. The maximum atomic E-state index is 10.8. The number of alkyl carbamates (subject to hydrolysis) is 1. The molecule has 3 nitrogen and oxygen atoms in total. The summed E-state index contributed by atoms with van der Waals surface area (Å²) < 4.78 is 4.88. The number of hydrogen-bond donors (Lipinski definition) is 2. The fraction of sp³-hybridized carbons (Fsp3) is 0.857. The third kappa shape index (κ3) is 4.14. The van der Waals surface area contributed by atoms with Gasteiger partial charge in [0, 0.05) is 0 Å². The Morgan fingerprint density at radius 1 is 1.82 bits per heavy atom. The second-order valence-electron chi connectivity index (χ2n) is 2.86. The fourth-order valence-electron chi connectivity index (χ4n) is 0.690. The van der Waals surface area contributed by atoms with Gasteiger partial charge in [-0.2, -0.15) is 12.6 Å². The Kier molecular flexibility index (Phi) is 3.05. The SMILES string of the molecule is CC(S)NC(=O)OCC1CC1. The van der Waals surface area contributed by atoms with E-state index in [1.807, 2.05) is 0 Å². The first-order valence-corrected chi connectivity index (χ1v) is 4.31. The van der Waals surface area contributed by atoms with E-state index in [4.69, 9.17) is 4.74 Å². The Morgan fingerprint density at radius 2 is 2.45 bits per heavy atom. The number of ether oxygens (including phenoxy) is 1. The molecule has 0 aromatic heterocycles. The molecule has 1 atom stereocenters. The van der Waals surface area contributed by atoms with Gasteiger partial charge in [0.2, 0.25) is 0 Å². The topological polar surface area (TPSA) is 38.3 Å². The first-order chi connectivity index (χ1) is 5.18. The lowest BCUT2D eigenvalue weighted by Crippen LogP contribution is -2.29. The number of thiol groups is 1. The van der Waals surface area contributed by atoms with Crippen molar-refractivity contribution >= 4 is 18.7 Å². The summed E-state index contributed by atoms with van der Waals surface area (Å²) in [5, 5.41) is 2.39. The van der Waals surface area contributed by atoms with Crippen LogP contribution in [-0.4, -0.2) is 18.1 Å². The van der Waals surface area contributed by atoms with E-state index in [-0.39, 0.29) is 11.5 Å². The van der Waals surface area contributed by atoms with Crippen LogP contribution in [0.15, 0.2) is 0 Å². The summed E-state index contributed by atoms with van der Waals surface area (Å²) >= 11 is 3.99. The van der Waals surface area contributed by atoms with E-state index in [0.717, 1.165) is 0 Å². The van der Waals surface area contributed by atoms with Crippen LogP contribution in [0, 0.1) is 5.92 Å². The van der Waals surface area contributed by atoms with Gasteiger partial charge in [-0.15, -0.1) is 0 Å². The van der Waals surface area contributed by atoms with Crippen LogP contribution in [-0.2, 0) is 4.74 Å². The molecule has 1 aliphatic carbocycles.